The van der Waals surface area contributed by atoms with Crippen molar-refractivity contribution in [2.24, 2.45) is 11.7 Å². The predicted molar refractivity (Wildman–Crippen MR) is 65.3 cm³/mol. The normalized spacial score (nSPS) is 22.6. The molecule has 0 heterocycles. The Kier molecular flexibility index (Phi) is 4.70. The molecular weight excluding hydrogens is 240 g/mol. The molecule has 106 valence electrons. The zero-order valence-corrected chi connectivity index (χ0v) is 11.3. The van der Waals surface area contributed by atoms with Crippen LogP contribution in [0, 0.1) is 5.92 Å². The summed E-state index contributed by atoms with van der Waals surface area (Å²) in [6.07, 6.45) is 1.11. The maximum Gasteiger partial charge on any atom is 0.323 e. The highest BCUT2D eigenvalue weighted by Crippen LogP contribution is 2.37. The topological polar surface area (TPSA) is 52.3 Å². The summed E-state index contributed by atoms with van der Waals surface area (Å²) >= 11 is 0. The lowest BCUT2D eigenvalue weighted by molar-refractivity contribution is -0.157. The Hall–Kier alpha value is -0.710. The molecule has 1 atom stereocenters. The van der Waals surface area contributed by atoms with Gasteiger partial charge in [0.15, 0.2) is 0 Å². The van der Waals surface area contributed by atoms with Gasteiger partial charge in [-0.25, -0.2) is 8.78 Å². The fourth-order valence-electron chi connectivity index (χ4n) is 2.17. The summed E-state index contributed by atoms with van der Waals surface area (Å²) < 4.78 is 31.1. The standard InChI is InChI=1S/C13H23F2NO2/c1-12(2,3)18-11(17)10(16)8-9-4-6-13(14,15)7-5-9/h9-10H,4-8,16H2,1-3H3. The first-order valence-corrected chi connectivity index (χ1v) is 6.45. The van der Waals surface area contributed by atoms with E-state index in [1.807, 2.05) is 0 Å². The van der Waals surface area contributed by atoms with E-state index in [1.165, 1.54) is 0 Å². The van der Waals surface area contributed by atoms with Crippen LogP contribution in [0.25, 0.3) is 0 Å². The largest absolute Gasteiger partial charge is 0.459 e. The third-order valence-electron chi connectivity index (χ3n) is 3.13. The van der Waals surface area contributed by atoms with E-state index < -0.39 is 23.5 Å². The molecule has 0 aromatic carbocycles. The first-order valence-electron chi connectivity index (χ1n) is 6.45. The number of rotatable bonds is 3. The van der Waals surface area contributed by atoms with Crippen molar-refractivity contribution in [3.05, 3.63) is 0 Å². The van der Waals surface area contributed by atoms with Crippen molar-refractivity contribution in [2.75, 3.05) is 0 Å². The molecule has 1 aliphatic carbocycles. The molecule has 0 bridgehead atoms. The number of ether oxygens (including phenoxy) is 1. The van der Waals surface area contributed by atoms with Gasteiger partial charge in [0, 0.05) is 12.8 Å². The highest BCUT2D eigenvalue weighted by atomic mass is 19.3. The lowest BCUT2D eigenvalue weighted by atomic mass is 9.83. The maximum atomic E-state index is 13.0. The Labute approximate surface area is 107 Å². The molecule has 1 aliphatic rings. The highest BCUT2D eigenvalue weighted by Gasteiger charge is 2.36. The van der Waals surface area contributed by atoms with Crippen LogP contribution in [0.4, 0.5) is 8.78 Å². The first kappa shape index (κ1) is 15.3. The van der Waals surface area contributed by atoms with E-state index in [9.17, 15) is 13.6 Å². The summed E-state index contributed by atoms with van der Waals surface area (Å²) in [6, 6.07) is -0.707. The molecule has 1 saturated carbocycles. The first-order chi connectivity index (χ1) is 8.09. The number of hydrogen-bond acceptors (Lipinski definition) is 3. The van der Waals surface area contributed by atoms with Gasteiger partial charge in [0.05, 0.1) is 0 Å². The van der Waals surface area contributed by atoms with Crippen molar-refractivity contribution in [1.29, 1.82) is 0 Å². The molecule has 0 spiro atoms. The molecule has 1 fully saturated rings. The van der Waals surface area contributed by atoms with Crippen LogP contribution in [0.2, 0.25) is 0 Å². The number of hydrogen-bond donors (Lipinski definition) is 1. The number of alkyl halides is 2. The fraction of sp³-hybridized carbons (Fsp3) is 0.923. The van der Waals surface area contributed by atoms with Crippen molar-refractivity contribution < 1.29 is 18.3 Å². The second kappa shape index (κ2) is 5.51. The minimum atomic E-state index is -2.54. The average molecular weight is 263 g/mol. The third-order valence-corrected chi connectivity index (χ3v) is 3.13. The monoisotopic (exact) mass is 263 g/mol. The summed E-state index contributed by atoms with van der Waals surface area (Å²) in [5, 5.41) is 0. The molecule has 3 nitrogen and oxygen atoms in total. The Morgan fingerprint density at radius 3 is 2.33 bits per heavy atom. The molecule has 0 aliphatic heterocycles. The molecule has 2 N–H and O–H groups in total. The van der Waals surface area contributed by atoms with Gasteiger partial charge in [-0.15, -0.1) is 0 Å². The molecule has 5 heteroatoms. The zero-order chi connectivity index (χ0) is 14.0. The van der Waals surface area contributed by atoms with Crippen LogP contribution < -0.4 is 5.73 Å². The van der Waals surface area contributed by atoms with Gasteiger partial charge in [0.25, 0.3) is 0 Å². The van der Waals surface area contributed by atoms with E-state index in [4.69, 9.17) is 10.5 Å². The van der Waals surface area contributed by atoms with E-state index in [-0.39, 0.29) is 18.8 Å². The zero-order valence-electron chi connectivity index (χ0n) is 11.3. The van der Waals surface area contributed by atoms with E-state index in [1.54, 1.807) is 20.8 Å². The molecule has 0 aromatic heterocycles. The minimum Gasteiger partial charge on any atom is -0.459 e. The molecule has 0 radical (unpaired) electrons. The van der Waals surface area contributed by atoms with E-state index >= 15 is 0 Å². The summed E-state index contributed by atoms with van der Waals surface area (Å²) in [7, 11) is 0. The lowest BCUT2D eigenvalue weighted by Crippen LogP contribution is -2.39. The van der Waals surface area contributed by atoms with Crippen LogP contribution in [0.15, 0.2) is 0 Å². The number of carbonyl (C=O) groups excluding carboxylic acids is 1. The van der Waals surface area contributed by atoms with Crippen LogP contribution in [-0.2, 0) is 9.53 Å². The summed E-state index contributed by atoms with van der Waals surface area (Å²) in [5.74, 6) is -2.88. The quantitative estimate of drug-likeness (QED) is 0.797. The summed E-state index contributed by atoms with van der Waals surface area (Å²) in [6.45, 7) is 5.33. The SMILES string of the molecule is CC(C)(C)OC(=O)C(N)CC1CCC(F)(F)CC1. The van der Waals surface area contributed by atoms with E-state index in [2.05, 4.69) is 0 Å². The van der Waals surface area contributed by atoms with Gasteiger partial charge in [-0.2, -0.15) is 0 Å². The van der Waals surface area contributed by atoms with Crippen LogP contribution in [0.5, 0.6) is 0 Å². The molecule has 0 amide bonds. The summed E-state index contributed by atoms with van der Waals surface area (Å²) in [5.41, 5.74) is 5.20. The second-order valence-electron chi connectivity index (χ2n) is 6.17. The van der Waals surface area contributed by atoms with Gasteiger partial charge < -0.3 is 10.5 Å². The number of halogens is 2. The van der Waals surface area contributed by atoms with Crippen LogP contribution >= 0.6 is 0 Å². The minimum absolute atomic E-state index is 0.0985. The number of carbonyl (C=O) groups is 1. The van der Waals surface area contributed by atoms with Gasteiger partial charge in [0.2, 0.25) is 5.92 Å². The molecular formula is C13H23F2NO2. The van der Waals surface area contributed by atoms with Crippen molar-refractivity contribution in [1.82, 2.24) is 0 Å². The Balaban J connectivity index is 2.37. The highest BCUT2D eigenvalue weighted by molar-refractivity contribution is 5.75. The number of esters is 1. The second-order valence-corrected chi connectivity index (χ2v) is 6.17. The predicted octanol–water partition coefficient (Wildman–Crippen LogP) is 2.87. The van der Waals surface area contributed by atoms with Crippen molar-refractivity contribution in [3.8, 4) is 0 Å². The molecule has 18 heavy (non-hydrogen) atoms. The van der Waals surface area contributed by atoms with Crippen molar-refractivity contribution >= 4 is 5.97 Å². The van der Waals surface area contributed by atoms with Crippen LogP contribution in [-0.4, -0.2) is 23.5 Å². The maximum absolute atomic E-state index is 13.0. The molecule has 0 saturated heterocycles. The smallest absolute Gasteiger partial charge is 0.323 e. The Morgan fingerprint density at radius 2 is 1.89 bits per heavy atom. The van der Waals surface area contributed by atoms with Gasteiger partial charge in [-0.3, -0.25) is 4.79 Å². The lowest BCUT2D eigenvalue weighted by Gasteiger charge is -2.30. The van der Waals surface area contributed by atoms with E-state index in [0.29, 0.717) is 19.3 Å². The Bertz CT molecular complexity index is 290. The molecule has 0 aromatic rings. The summed E-state index contributed by atoms with van der Waals surface area (Å²) in [4.78, 5) is 11.7. The fourth-order valence-corrected chi connectivity index (χ4v) is 2.17. The van der Waals surface area contributed by atoms with Crippen LogP contribution in [0.1, 0.15) is 52.9 Å². The van der Waals surface area contributed by atoms with Gasteiger partial charge in [-0.05, 0) is 46.0 Å². The molecule has 1 rings (SSSR count). The Morgan fingerprint density at radius 1 is 1.39 bits per heavy atom. The molecule has 1 unspecified atom stereocenters. The van der Waals surface area contributed by atoms with Gasteiger partial charge in [-0.1, -0.05) is 0 Å². The van der Waals surface area contributed by atoms with Crippen LogP contribution in [0.3, 0.4) is 0 Å². The van der Waals surface area contributed by atoms with E-state index in [0.717, 1.165) is 0 Å². The van der Waals surface area contributed by atoms with Crippen molar-refractivity contribution in [3.63, 3.8) is 0 Å². The van der Waals surface area contributed by atoms with Gasteiger partial charge in [0.1, 0.15) is 11.6 Å². The van der Waals surface area contributed by atoms with Crippen molar-refractivity contribution in [2.45, 2.75) is 70.4 Å². The van der Waals surface area contributed by atoms with Gasteiger partial charge >= 0.3 is 5.97 Å². The average Bonchev–Trinajstić information content (AvgIpc) is 2.18. The third kappa shape index (κ3) is 5.29. The number of nitrogens with two attached hydrogens (primary N) is 1.